The van der Waals surface area contributed by atoms with Gasteiger partial charge in [0.05, 0.1) is 0 Å². The fraction of sp³-hybridized carbons (Fsp3) is 1.00. The minimum absolute atomic E-state index is 0.247. The van der Waals surface area contributed by atoms with Crippen LogP contribution in [0, 0.1) is 5.92 Å². The lowest BCUT2D eigenvalue weighted by molar-refractivity contribution is 0.220. The summed E-state index contributed by atoms with van der Waals surface area (Å²) in [6, 6.07) is 0. The van der Waals surface area contributed by atoms with Gasteiger partial charge in [-0.05, 0) is 18.9 Å². The summed E-state index contributed by atoms with van der Waals surface area (Å²) in [5.41, 5.74) is 5.36. The second-order valence-corrected chi connectivity index (χ2v) is 2.43. The summed E-state index contributed by atoms with van der Waals surface area (Å²) in [6.07, 6.45) is 3.45. The highest BCUT2D eigenvalue weighted by molar-refractivity contribution is 4.56. The summed E-state index contributed by atoms with van der Waals surface area (Å²) in [7, 11) is 0. The van der Waals surface area contributed by atoms with Gasteiger partial charge >= 0.3 is 0 Å². The topological polar surface area (TPSA) is 46.2 Å². The first-order valence-electron chi connectivity index (χ1n) is 3.66. The Bertz CT molecular complexity index is 52.9. The highest BCUT2D eigenvalue weighted by Crippen LogP contribution is 2.04. The van der Waals surface area contributed by atoms with Crippen LogP contribution >= 0.6 is 0 Å². The average Bonchev–Trinajstić information content (AvgIpc) is 1.91. The summed E-state index contributed by atoms with van der Waals surface area (Å²) < 4.78 is 0. The highest BCUT2D eigenvalue weighted by Gasteiger charge is 2.01. The largest absolute Gasteiger partial charge is 0.396 e. The van der Waals surface area contributed by atoms with Crippen LogP contribution in [0.5, 0.6) is 0 Å². The van der Waals surface area contributed by atoms with Crippen molar-refractivity contribution in [3.8, 4) is 0 Å². The molecule has 2 heteroatoms. The predicted molar refractivity (Wildman–Crippen MR) is 39.2 cm³/mol. The van der Waals surface area contributed by atoms with E-state index < -0.39 is 0 Å². The van der Waals surface area contributed by atoms with Crippen LogP contribution in [0.25, 0.3) is 0 Å². The lowest BCUT2D eigenvalue weighted by atomic mass is 10.0. The molecule has 0 aromatic rings. The van der Waals surface area contributed by atoms with Gasteiger partial charge in [0.25, 0.3) is 0 Å². The number of rotatable bonds is 5. The second kappa shape index (κ2) is 6.05. The molecule has 3 N–H and O–H groups in total. The molecule has 0 saturated heterocycles. The number of aliphatic hydroxyl groups excluding tert-OH is 1. The van der Waals surface area contributed by atoms with E-state index >= 15 is 0 Å². The van der Waals surface area contributed by atoms with Crippen molar-refractivity contribution in [1.82, 2.24) is 0 Å². The SMILES string of the molecule is CCCCC(CN)CO. The van der Waals surface area contributed by atoms with Crippen molar-refractivity contribution in [3.63, 3.8) is 0 Å². The van der Waals surface area contributed by atoms with E-state index in [1.165, 1.54) is 12.8 Å². The Kier molecular flexibility index (Phi) is 5.99. The van der Waals surface area contributed by atoms with Crippen LogP contribution in [0.2, 0.25) is 0 Å². The lowest BCUT2D eigenvalue weighted by Crippen LogP contribution is -2.17. The summed E-state index contributed by atoms with van der Waals surface area (Å²) in [4.78, 5) is 0. The van der Waals surface area contributed by atoms with E-state index in [0.29, 0.717) is 12.5 Å². The molecule has 56 valence electrons. The maximum atomic E-state index is 8.67. The van der Waals surface area contributed by atoms with Crippen molar-refractivity contribution < 1.29 is 5.11 Å². The maximum absolute atomic E-state index is 8.67. The van der Waals surface area contributed by atoms with Gasteiger partial charge in [0.15, 0.2) is 0 Å². The van der Waals surface area contributed by atoms with E-state index in [9.17, 15) is 0 Å². The smallest absolute Gasteiger partial charge is 0.0471 e. The van der Waals surface area contributed by atoms with Crippen molar-refractivity contribution >= 4 is 0 Å². The third-order valence-corrected chi connectivity index (χ3v) is 1.56. The molecule has 0 amide bonds. The number of hydrogen-bond donors (Lipinski definition) is 2. The van der Waals surface area contributed by atoms with Crippen LogP contribution in [0.1, 0.15) is 26.2 Å². The summed E-state index contributed by atoms with van der Waals surface area (Å²) in [6.45, 7) is 3.01. The molecule has 0 heterocycles. The summed E-state index contributed by atoms with van der Waals surface area (Å²) in [5.74, 6) is 0.338. The third-order valence-electron chi connectivity index (χ3n) is 1.56. The zero-order valence-corrected chi connectivity index (χ0v) is 6.14. The normalized spacial score (nSPS) is 13.7. The van der Waals surface area contributed by atoms with Crippen LogP contribution in [-0.4, -0.2) is 18.3 Å². The first-order valence-corrected chi connectivity index (χ1v) is 3.66. The lowest BCUT2D eigenvalue weighted by Gasteiger charge is -2.08. The van der Waals surface area contributed by atoms with Gasteiger partial charge in [0.1, 0.15) is 0 Å². The van der Waals surface area contributed by atoms with Gasteiger partial charge in [-0.3, -0.25) is 0 Å². The Labute approximate surface area is 57.1 Å². The summed E-state index contributed by atoms with van der Waals surface area (Å²) >= 11 is 0. The van der Waals surface area contributed by atoms with E-state index in [0.717, 1.165) is 6.42 Å². The Balaban J connectivity index is 3.09. The molecule has 0 saturated carbocycles. The van der Waals surface area contributed by atoms with E-state index in [1.54, 1.807) is 0 Å². The Morgan fingerprint density at radius 1 is 1.56 bits per heavy atom. The molecule has 0 rings (SSSR count). The van der Waals surface area contributed by atoms with Crippen LogP contribution in [0.4, 0.5) is 0 Å². The number of aliphatic hydroxyl groups is 1. The molecule has 1 unspecified atom stereocenters. The van der Waals surface area contributed by atoms with E-state index in [4.69, 9.17) is 10.8 Å². The zero-order valence-electron chi connectivity index (χ0n) is 6.14. The Morgan fingerprint density at radius 3 is 2.56 bits per heavy atom. The van der Waals surface area contributed by atoms with Crippen LogP contribution in [0.15, 0.2) is 0 Å². The van der Waals surface area contributed by atoms with E-state index in [-0.39, 0.29) is 6.61 Å². The van der Waals surface area contributed by atoms with Crippen molar-refractivity contribution in [2.75, 3.05) is 13.2 Å². The van der Waals surface area contributed by atoms with Gasteiger partial charge in [0, 0.05) is 6.61 Å². The molecule has 0 spiro atoms. The first kappa shape index (κ1) is 8.92. The number of hydrogen-bond acceptors (Lipinski definition) is 2. The van der Waals surface area contributed by atoms with Crippen LogP contribution in [-0.2, 0) is 0 Å². The van der Waals surface area contributed by atoms with Gasteiger partial charge in [-0.2, -0.15) is 0 Å². The highest BCUT2D eigenvalue weighted by atomic mass is 16.3. The van der Waals surface area contributed by atoms with Crippen molar-refractivity contribution in [2.24, 2.45) is 11.7 Å². The van der Waals surface area contributed by atoms with Gasteiger partial charge in [-0.1, -0.05) is 19.8 Å². The molecule has 2 nitrogen and oxygen atoms in total. The molecular weight excluding hydrogens is 114 g/mol. The molecule has 0 aliphatic heterocycles. The van der Waals surface area contributed by atoms with Crippen LogP contribution in [0.3, 0.4) is 0 Å². The molecule has 0 radical (unpaired) electrons. The quantitative estimate of drug-likeness (QED) is 0.578. The molecule has 9 heavy (non-hydrogen) atoms. The molecular formula is C7H17NO. The minimum atomic E-state index is 0.247. The summed E-state index contributed by atoms with van der Waals surface area (Å²) in [5, 5.41) is 8.67. The van der Waals surface area contributed by atoms with Gasteiger partial charge in [-0.15, -0.1) is 0 Å². The Morgan fingerprint density at radius 2 is 2.22 bits per heavy atom. The fourth-order valence-corrected chi connectivity index (χ4v) is 0.776. The van der Waals surface area contributed by atoms with Crippen molar-refractivity contribution in [2.45, 2.75) is 26.2 Å². The zero-order chi connectivity index (χ0) is 7.11. The minimum Gasteiger partial charge on any atom is -0.396 e. The van der Waals surface area contributed by atoms with Crippen LogP contribution < -0.4 is 5.73 Å². The number of unbranched alkanes of at least 4 members (excludes halogenated alkanes) is 1. The van der Waals surface area contributed by atoms with Crippen molar-refractivity contribution in [3.05, 3.63) is 0 Å². The van der Waals surface area contributed by atoms with Gasteiger partial charge in [0.2, 0.25) is 0 Å². The predicted octanol–water partition coefficient (Wildman–Crippen LogP) is 0.744. The Hall–Kier alpha value is -0.0800. The van der Waals surface area contributed by atoms with Crippen molar-refractivity contribution in [1.29, 1.82) is 0 Å². The maximum Gasteiger partial charge on any atom is 0.0471 e. The molecule has 0 fully saturated rings. The molecule has 0 aliphatic rings. The third kappa shape index (κ3) is 4.43. The monoisotopic (exact) mass is 131 g/mol. The molecule has 0 bridgehead atoms. The molecule has 0 aromatic heterocycles. The molecule has 0 aliphatic carbocycles. The van der Waals surface area contributed by atoms with E-state index in [2.05, 4.69) is 6.92 Å². The first-order chi connectivity index (χ1) is 4.35. The standard InChI is InChI=1S/C7H17NO/c1-2-3-4-7(5-8)6-9/h7,9H,2-6,8H2,1H3. The second-order valence-electron chi connectivity index (χ2n) is 2.43. The molecule has 0 aromatic carbocycles. The van der Waals surface area contributed by atoms with Gasteiger partial charge < -0.3 is 10.8 Å². The van der Waals surface area contributed by atoms with E-state index in [1.807, 2.05) is 0 Å². The average molecular weight is 131 g/mol. The fourth-order valence-electron chi connectivity index (χ4n) is 0.776. The molecule has 1 atom stereocenters. The number of nitrogens with two attached hydrogens (primary N) is 1. The van der Waals surface area contributed by atoms with Gasteiger partial charge in [-0.25, -0.2) is 0 Å².